The molecule has 0 spiro atoms. The molecule has 1 aliphatic rings. The fourth-order valence-corrected chi connectivity index (χ4v) is 4.97. The number of aromatic nitrogens is 2. The number of nitrogens with zero attached hydrogens (tertiary/aromatic N) is 3. The van der Waals surface area contributed by atoms with Gasteiger partial charge in [0.25, 0.3) is 5.91 Å². The van der Waals surface area contributed by atoms with Gasteiger partial charge in [-0.15, -0.1) is 11.3 Å². The van der Waals surface area contributed by atoms with Crippen LogP contribution in [0, 0.1) is 13.8 Å². The normalized spacial score (nSPS) is 16.7. The summed E-state index contributed by atoms with van der Waals surface area (Å²) in [6.45, 7) is 3.45. The van der Waals surface area contributed by atoms with E-state index in [0.717, 1.165) is 0 Å². The molecule has 164 valence electrons. The van der Waals surface area contributed by atoms with E-state index in [-0.39, 0.29) is 16.2 Å². The predicted octanol–water partition coefficient (Wildman–Crippen LogP) is 2.59. The van der Waals surface area contributed by atoms with Crippen LogP contribution in [0.15, 0.2) is 64.9 Å². The molecule has 0 radical (unpaired) electrons. The molecule has 3 N–H and O–H groups in total. The Kier molecular flexibility index (Phi) is 5.41. The van der Waals surface area contributed by atoms with Crippen LogP contribution >= 0.6 is 11.3 Å². The summed E-state index contributed by atoms with van der Waals surface area (Å²) in [5.41, 5.74) is 1.02. The largest absolute Gasteiger partial charge is 0.503 e. The Bertz CT molecular complexity index is 1360. The maximum atomic E-state index is 13.4. The van der Waals surface area contributed by atoms with Gasteiger partial charge in [0.05, 0.1) is 31.7 Å². The van der Waals surface area contributed by atoms with E-state index in [1.165, 1.54) is 46.7 Å². The van der Waals surface area contributed by atoms with Gasteiger partial charge in [-0.05, 0) is 50.2 Å². The van der Waals surface area contributed by atoms with Crippen LogP contribution in [0.25, 0.3) is 0 Å². The lowest BCUT2D eigenvalue weighted by Crippen LogP contribution is -2.31. The van der Waals surface area contributed by atoms with E-state index < -0.39 is 33.5 Å². The lowest BCUT2D eigenvalue weighted by Gasteiger charge is -2.26. The number of carbonyl (C=O) groups excluding carboxylic acids is 2. The van der Waals surface area contributed by atoms with Crippen LogP contribution in [-0.2, 0) is 14.8 Å². The van der Waals surface area contributed by atoms with Crippen LogP contribution in [0.5, 0.6) is 0 Å². The first kappa shape index (κ1) is 21.8. The van der Waals surface area contributed by atoms with Gasteiger partial charge in [0.15, 0.2) is 5.76 Å². The number of aliphatic hydroxyl groups is 1. The number of benzene rings is 1. The van der Waals surface area contributed by atoms with Gasteiger partial charge in [-0.25, -0.2) is 18.5 Å². The van der Waals surface area contributed by atoms with Crippen molar-refractivity contribution in [2.45, 2.75) is 24.8 Å². The van der Waals surface area contributed by atoms with Gasteiger partial charge in [0, 0.05) is 11.9 Å². The first-order chi connectivity index (χ1) is 15.1. The number of aryl methyl sites for hydroxylation is 2. The molecular formula is C21H18N4O5S2. The predicted molar refractivity (Wildman–Crippen MR) is 118 cm³/mol. The van der Waals surface area contributed by atoms with E-state index in [1.54, 1.807) is 32.0 Å². The molecule has 0 saturated carbocycles. The fourth-order valence-electron chi connectivity index (χ4n) is 3.58. The summed E-state index contributed by atoms with van der Waals surface area (Å²) < 4.78 is 23.2. The zero-order valence-electron chi connectivity index (χ0n) is 17.0. The number of sulfonamides is 1. The number of hydrogen-bond donors (Lipinski definition) is 2. The maximum Gasteiger partial charge on any atom is 0.294 e. The lowest BCUT2D eigenvalue weighted by molar-refractivity contribution is -0.117. The molecule has 0 saturated heterocycles. The third-order valence-corrected chi connectivity index (χ3v) is 6.97. The molecule has 0 bridgehead atoms. The molecule has 1 aromatic carbocycles. The topological polar surface area (TPSA) is 144 Å². The maximum absolute atomic E-state index is 13.4. The Labute approximate surface area is 187 Å². The number of hydrogen-bond acceptors (Lipinski definition) is 8. The summed E-state index contributed by atoms with van der Waals surface area (Å²) in [4.78, 5) is 36.5. The van der Waals surface area contributed by atoms with E-state index in [1.807, 2.05) is 0 Å². The Morgan fingerprint density at radius 3 is 2.38 bits per heavy atom. The monoisotopic (exact) mass is 470 g/mol. The van der Waals surface area contributed by atoms with E-state index in [0.29, 0.717) is 21.3 Å². The molecule has 1 unspecified atom stereocenters. The summed E-state index contributed by atoms with van der Waals surface area (Å²) >= 11 is 1.17. The minimum atomic E-state index is -3.93. The van der Waals surface area contributed by atoms with Gasteiger partial charge in [0.1, 0.15) is 6.04 Å². The Morgan fingerprint density at radius 1 is 1.16 bits per heavy atom. The molecule has 1 amide bonds. The van der Waals surface area contributed by atoms with Crippen molar-refractivity contribution in [3.05, 3.63) is 81.3 Å². The number of pyridine rings is 1. The first-order valence-corrected chi connectivity index (χ1v) is 11.7. The second kappa shape index (κ2) is 7.93. The molecule has 0 aliphatic carbocycles. The molecular weight excluding hydrogens is 452 g/mol. The van der Waals surface area contributed by atoms with E-state index in [4.69, 9.17) is 5.14 Å². The number of primary sulfonamides is 1. The number of carbonyl (C=O) groups is 2. The molecule has 3 heterocycles. The third-order valence-electron chi connectivity index (χ3n) is 4.97. The average Bonchev–Trinajstić information content (AvgIpc) is 3.23. The molecule has 9 nitrogen and oxygen atoms in total. The lowest BCUT2D eigenvalue weighted by atomic mass is 9.98. The number of aliphatic hydroxyl groups excluding tert-OH is 1. The standard InChI is InChI=1S/C21H18N4O5S2/c1-11-20(31-12(2)24-11)18(26)16-17(15-5-3-4-10-23-15)25(21(28)19(16)27)13-6-8-14(9-7-13)32(22,29)30/h3-10,17,27H,1-2H3,(H2,22,29,30). The number of ketones is 1. The SMILES string of the molecule is Cc1nc(C)c(C(=O)C2=C(O)C(=O)N(c3ccc(S(N)(=O)=O)cc3)C2c2ccccn2)s1. The van der Waals surface area contributed by atoms with Crippen LogP contribution in [0.2, 0.25) is 0 Å². The van der Waals surface area contributed by atoms with Gasteiger partial charge in [-0.3, -0.25) is 19.5 Å². The first-order valence-electron chi connectivity index (χ1n) is 9.39. The minimum Gasteiger partial charge on any atom is -0.503 e. The number of thiazole rings is 1. The van der Waals surface area contributed by atoms with E-state index in [9.17, 15) is 23.1 Å². The second-order valence-corrected chi connectivity index (χ2v) is 9.87. The van der Waals surface area contributed by atoms with Crippen LogP contribution in [0.4, 0.5) is 5.69 Å². The van der Waals surface area contributed by atoms with E-state index in [2.05, 4.69) is 9.97 Å². The van der Waals surface area contributed by atoms with Crippen LogP contribution < -0.4 is 10.0 Å². The molecule has 32 heavy (non-hydrogen) atoms. The fraction of sp³-hybridized carbons (Fsp3) is 0.143. The zero-order valence-corrected chi connectivity index (χ0v) is 18.6. The van der Waals surface area contributed by atoms with Crippen molar-refractivity contribution in [3.8, 4) is 0 Å². The van der Waals surface area contributed by atoms with Crippen molar-refractivity contribution in [1.29, 1.82) is 0 Å². The van der Waals surface area contributed by atoms with E-state index >= 15 is 0 Å². The van der Waals surface area contributed by atoms with Gasteiger partial charge in [-0.1, -0.05) is 6.07 Å². The summed E-state index contributed by atoms with van der Waals surface area (Å²) in [6, 6.07) is 9.29. The van der Waals surface area contributed by atoms with Crippen molar-refractivity contribution in [3.63, 3.8) is 0 Å². The highest BCUT2D eigenvalue weighted by molar-refractivity contribution is 7.89. The van der Waals surface area contributed by atoms with Gasteiger partial charge >= 0.3 is 0 Å². The van der Waals surface area contributed by atoms with Crippen molar-refractivity contribution in [1.82, 2.24) is 9.97 Å². The minimum absolute atomic E-state index is 0.115. The highest BCUT2D eigenvalue weighted by Gasteiger charge is 2.46. The van der Waals surface area contributed by atoms with Gasteiger partial charge < -0.3 is 5.11 Å². The summed E-state index contributed by atoms with van der Waals surface area (Å²) in [5.74, 6) is -2.00. The number of anilines is 1. The Morgan fingerprint density at radius 2 is 1.84 bits per heavy atom. The highest BCUT2D eigenvalue weighted by Crippen LogP contribution is 2.42. The summed E-state index contributed by atoms with van der Waals surface area (Å²) in [6.07, 6.45) is 1.52. The molecule has 0 fully saturated rings. The molecule has 3 aromatic rings. The summed E-state index contributed by atoms with van der Waals surface area (Å²) in [5, 5.41) is 16.6. The molecule has 1 aliphatic heterocycles. The van der Waals surface area contributed by atoms with Crippen molar-refractivity contribution in [2.24, 2.45) is 5.14 Å². The number of nitrogens with two attached hydrogens (primary N) is 1. The number of rotatable bonds is 5. The third kappa shape index (κ3) is 3.70. The molecule has 11 heteroatoms. The number of amides is 1. The summed E-state index contributed by atoms with van der Waals surface area (Å²) in [7, 11) is -3.93. The van der Waals surface area contributed by atoms with Gasteiger partial charge in [0.2, 0.25) is 15.8 Å². The second-order valence-electron chi connectivity index (χ2n) is 7.11. The molecule has 1 atom stereocenters. The quantitative estimate of drug-likeness (QED) is 0.545. The average molecular weight is 471 g/mol. The van der Waals surface area contributed by atoms with Crippen LogP contribution in [0.1, 0.15) is 32.1 Å². The molecule has 2 aromatic heterocycles. The zero-order chi connectivity index (χ0) is 23.2. The smallest absolute Gasteiger partial charge is 0.294 e. The van der Waals surface area contributed by atoms with Crippen molar-refractivity contribution >= 4 is 38.7 Å². The molecule has 4 rings (SSSR count). The Balaban J connectivity index is 1.86. The van der Waals surface area contributed by atoms with Crippen molar-refractivity contribution in [2.75, 3.05) is 4.90 Å². The van der Waals surface area contributed by atoms with Crippen LogP contribution in [0.3, 0.4) is 0 Å². The van der Waals surface area contributed by atoms with Gasteiger partial charge in [-0.2, -0.15) is 0 Å². The van der Waals surface area contributed by atoms with Crippen molar-refractivity contribution < 1.29 is 23.1 Å². The van der Waals surface area contributed by atoms with Crippen LogP contribution in [-0.4, -0.2) is 35.2 Å². The Hall–Kier alpha value is -3.41. The number of Topliss-reactive ketones (excluding diaryl/α,β-unsaturated/α-hetero) is 1. The highest BCUT2D eigenvalue weighted by atomic mass is 32.2.